The highest BCUT2D eigenvalue weighted by Crippen LogP contribution is 2.28. The van der Waals surface area contributed by atoms with E-state index in [1.807, 2.05) is 39.1 Å². The molecule has 5 nitrogen and oxygen atoms in total. The van der Waals surface area contributed by atoms with Gasteiger partial charge in [0.05, 0.1) is 5.69 Å². The van der Waals surface area contributed by atoms with Gasteiger partial charge in [-0.05, 0) is 44.2 Å². The van der Waals surface area contributed by atoms with E-state index in [9.17, 15) is 4.79 Å². The molecule has 1 N–H and O–H groups in total. The van der Waals surface area contributed by atoms with Crippen molar-refractivity contribution in [2.45, 2.75) is 33.1 Å². The quantitative estimate of drug-likeness (QED) is 0.944. The fourth-order valence-electron chi connectivity index (χ4n) is 3.01. The van der Waals surface area contributed by atoms with E-state index in [1.165, 1.54) is 5.56 Å². The Morgan fingerprint density at radius 2 is 2.05 bits per heavy atom. The van der Waals surface area contributed by atoms with E-state index in [2.05, 4.69) is 10.4 Å². The van der Waals surface area contributed by atoms with Crippen LogP contribution in [0.3, 0.4) is 0 Å². The molecule has 1 aliphatic rings. The van der Waals surface area contributed by atoms with Gasteiger partial charge in [-0.2, -0.15) is 5.10 Å². The molecular weight excluding hydrogens is 278 g/mol. The Kier molecular flexibility index (Phi) is 3.88. The monoisotopic (exact) mass is 299 g/mol. The summed E-state index contributed by atoms with van der Waals surface area (Å²) in [7, 11) is 1.86. The largest absolute Gasteiger partial charge is 0.483 e. The highest BCUT2D eigenvalue weighted by molar-refractivity contribution is 5.92. The summed E-state index contributed by atoms with van der Waals surface area (Å²) < 4.78 is 7.45. The molecule has 0 saturated heterocycles. The van der Waals surface area contributed by atoms with E-state index in [0.717, 1.165) is 47.7 Å². The van der Waals surface area contributed by atoms with Crippen molar-refractivity contribution in [1.29, 1.82) is 0 Å². The van der Waals surface area contributed by atoms with Crippen molar-refractivity contribution in [3.63, 3.8) is 0 Å². The van der Waals surface area contributed by atoms with Crippen LogP contribution in [0, 0.1) is 13.8 Å². The van der Waals surface area contributed by atoms with Gasteiger partial charge < -0.3 is 10.1 Å². The first kappa shape index (κ1) is 14.6. The number of amides is 1. The van der Waals surface area contributed by atoms with Crippen LogP contribution in [0.2, 0.25) is 0 Å². The zero-order chi connectivity index (χ0) is 15.7. The first-order valence-corrected chi connectivity index (χ1v) is 7.60. The van der Waals surface area contributed by atoms with Gasteiger partial charge in [0.25, 0.3) is 5.91 Å². The van der Waals surface area contributed by atoms with Gasteiger partial charge in [0.1, 0.15) is 11.6 Å². The van der Waals surface area contributed by atoms with Crippen LogP contribution in [-0.2, 0) is 24.7 Å². The van der Waals surface area contributed by atoms with Crippen molar-refractivity contribution in [2.75, 3.05) is 11.9 Å². The van der Waals surface area contributed by atoms with Gasteiger partial charge in [-0.1, -0.05) is 18.2 Å². The molecule has 1 heterocycles. The minimum Gasteiger partial charge on any atom is -0.483 e. The first-order valence-electron chi connectivity index (χ1n) is 7.60. The number of nitrogens with one attached hydrogen (secondary N) is 1. The lowest BCUT2D eigenvalue weighted by Crippen LogP contribution is -2.22. The molecule has 0 radical (unpaired) electrons. The zero-order valence-electron chi connectivity index (χ0n) is 13.3. The number of aryl methyl sites for hydroxylation is 4. The number of fused-ring (bicyclic) bond motifs is 1. The molecule has 1 aromatic carbocycles. The minimum absolute atomic E-state index is 0.00560. The molecule has 0 aliphatic heterocycles. The number of hydrogen-bond donors (Lipinski definition) is 1. The van der Waals surface area contributed by atoms with Crippen LogP contribution < -0.4 is 10.1 Å². The lowest BCUT2D eigenvalue weighted by molar-refractivity contribution is -0.118. The molecule has 0 saturated carbocycles. The van der Waals surface area contributed by atoms with Crippen LogP contribution in [0.4, 0.5) is 5.82 Å². The van der Waals surface area contributed by atoms with Crippen LogP contribution >= 0.6 is 0 Å². The molecule has 0 atom stereocenters. The predicted molar refractivity (Wildman–Crippen MR) is 85.3 cm³/mol. The van der Waals surface area contributed by atoms with Crippen LogP contribution in [0.15, 0.2) is 18.2 Å². The number of rotatable bonds is 4. The summed E-state index contributed by atoms with van der Waals surface area (Å²) in [5.41, 5.74) is 4.35. The van der Waals surface area contributed by atoms with Gasteiger partial charge in [-0.3, -0.25) is 9.48 Å². The van der Waals surface area contributed by atoms with Crippen LogP contribution in [0.5, 0.6) is 5.75 Å². The summed E-state index contributed by atoms with van der Waals surface area (Å²) in [6.07, 6.45) is 3.09. The van der Waals surface area contributed by atoms with Gasteiger partial charge in [0, 0.05) is 12.6 Å². The second-order valence-electron chi connectivity index (χ2n) is 5.81. The summed E-state index contributed by atoms with van der Waals surface area (Å²) in [6.45, 7) is 3.97. The van der Waals surface area contributed by atoms with Gasteiger partial charge >= 0.3 is 0 Å². The molecule has 2 aromatic rings. The molecule has 1 aromatic heterocycles. The van der Waals surface area contributed by atoms with Crippen molar-refractivity contribution in [3.05, 3.63) is 40.6 Å². The second-order valence-corrected chi connectivity index (χ2v) is 5.81. The maximum absolute atomic E-state index is 12.2. The third kappa shape index (κ3) is 2.71. The molecule has 22 heavy (non-hydrogen) atoms. The van der Waals surface area contributed by atoms with E-state index in [4.69, 9.17) is 4.74 Å². The normalized spacial score (nSPS) is 13.0. The van der Waals surface area contributed by atoms with Crippen molar-refractivity contribution in [1.82, 2.24) is 9.78 Å². The van der Waals surface area contributed by atoms with Crippen LogP contribution in [0.1, 0.15) is 28.8 Å². The highest BCUT2D eigenvalue weighted by atomic mass is 16.5. The molecule has 0 bridgehead atoms. The Morgan fingerprint density at radius 1 is 1.32 bits per heavy atom. The summed E-state index contributed by atoms with van der Waals surface area (Å²) in [4.78, 5) is 12.2. The Morgan fingerprint density at radius 3 is 2.77 bits per heavy atom. The van der Waals surface area contributed by atoms with E-state index in [0.29, 0.717) is 0 Å². The van der Waals surface area contributed by atoms with Gasteiger partial charge in [0.15, 0.2) is 6.61 Å². The standard InChI is InChI=1S/C17H21N3O2/c1-11-6-4-7-12(2)16(11)22-10-15(21)18-17-13-8-5-9-14(13)19-20(17)3/h4,6-7H,5,8-10H2,1-3H3,(H,18,21). The molecule has 1 amide bonds. The Labute approximate surface area is 130 Å². The fourth-order valence-corrected chi connectivity index (χ4v) is 3.01. The smallest absolute Gasteiger partial charge is 0.263 e. The minimum atomic E-state index is -0.152. The number of hydrogen-bond acceptors (Lipinski definition) is 3. The summed E-state index contributed by atoms with van der Waals surface area (Å²) in [6, 6.07) is 5.94. The lowest BCUT2D eigenvalue weighted by atomic mass is 10.1. The molecule has 5 heteroatoms. The SMILES string of the molecule is Cc1cccc(C)c1OCC(=O)Nc1c2c(nn1C)CCC2. The number of ether oxygens (including phenoxy) is 1. The highest BCUT2D eigenvalue weighted by Gasteiger charge is 2.22. The van der Waals surface area contributed by atoms with Gasteiger partial charge in [-0.15, -0.1) is 0 Å². The average Bonchev–Trinajstić information content (AvgIpc) is 3.01. The maximum Gasteiger partial charge on any atom is 0.263 e. The van der Waals surface area contributed by atoms with Crippen molar-refractivity contribution < 1.29 is 9.53 Å². The number of benzene rings is 1. The molecule has 0 unspecified atom stereocenters. The number of anilines is 1. The van der Waals surface area contributed by atoms with E-state index in [1.54, 1.807) is 4.68 Å². The summed E-state index contributed by atoms with van der Waals surface area (Å²) >= 11 is 0. The zero-order valence-corrected chi connectivity index (χ0v) is 13.3. The van der Waals surface area contributed by atoms with E-state index in [-0.39, 0.29) is 12.5 Å². The number of carbonyl (C=O) groups is 1. The number of carbonyl (C=O) groups excluding carboxylic acids is 1. The Bertz CT molecular complexity index is 699. The number of nitrogens with zero attached hydrogens (tertiary/aromatic N) is 2. The summed E-state index contributed by atoms with van der Waals surface area (Å²) in [5, 5.41) is 7.39. The molecule has 0 fully saturated rings. The first-order chi connectivity index (χ1) is 10.6. The van der Waals surface area contributed by atoms with E-state index < -0.39 is 0 Å². The van der Waals surface area contributed by atoms with Crippen molar-refractivity contribution in [3.8, 4) is 5.75 Å². The topological polar surface area (TPSA) is 56.1 Å². The molecule has 3 rings (SSSR count). The average molecular weight is 299 g/mol. The Hall–Kier alpha value is -2.30. The van der Waals surface area contributed by atoms with Crippen molar-refractivity contribution >= 4 is 11.7 Å². The third-order valence-corrected chi connectivity index (χ3v) is 4.08. The Balaban J connectivity index is 1.66. The molecular formula is C17H21N3O2. The predicted octanol–water partition coefficient (Wildman–Crippen LogP) is 2.54. The van der Waals surface area contributed by atoms with E-state index >= 15 is 0 Å². The van der Waals surface area contributed by atoms with Crippen LogP contribution in [0.25, 0.3) is 0 Å². The van der Waals surface area contributed by atoms with Gasteiger partial charge in [-0.25, -0.2) is 0 Å². The molecule has 0 spiro atoms. The molecule has 1 aliphatic carbocycles. The van der Waals surface area contributed by atoms with Crippen molar-refractivity contribution in [2.24, 2.45) is 7.05 Å². The summed E-state index contributed by atoms with van der Waals surface area (Å²) in [5.74, 6) is 1.44. The third-order valence-electron chi connectivity index (χ3n) is 4.08. The second kappa shape index (κ2) is 5.83. The van der Waals surface area contributed by atoms with Crippen LogP contribution in [-0.4, -0.2) is 22.3 Å². The molecule has 116 valence electrons. The van der Waals surface area contributed by atoms with Gasteiger partial charge in [0.2, 0.25) is 0 Å². The maximum atomic E-state index is 12.2. The number of aromatic nitrogens is 2. The number of para-hydroxylation sites is 1. The fraction of sp³-hybridized carbons (Fsp3) is 0.412. The lowest BCUT2D eigenvalue weighted by Gasteiger charge is -2.12.